The normalized spacial score (nSPS) is 12.3. The summed E-state index contributed by atoms with van der Waals surface area (Å²) < 4.78 is 1.86. The number of rotatable bonds is 5. The first-order valence-corrected chi connectivity index (χ1v) is 8.93. The summed E-state index contributed by atoms with van der Waals surface area (Å²) in [6.45, 7) is 14.2. The number of aromatic nitrogens is 3. The third kappa shape index (κ3) is 4.42. The Hall–Kier alpha value is -2.37. The maximum Gasteiger partial charge on any atom is 0.408 e. The second kappa shape index (κ2) is 7.09. The van der Waals surface area contributed by atoms with E-state index in [0.717, 1.165) is 11.4 Å². The fourth-order valence-corrected chi connectivity index (χ4v) is 3.40. The molecule has 0 saturated heterocycles. The van der Waals surface area contributed by atoms with Crippen LogP contribution in [0.2, 0.25) is 0 Å². The molecule has 0 spiro atoms. The Kier molecular flexibility index (Phi) is 5.44. The number of aryl methyl sites for hydroxylation is 3. The van der Waals surface area contributed by atoms with Gasteiger partial charge in [0, 0.05) is 23.2 Å². The lowest BCUT2D eigenvalue weighted by Crippen LogP contribution is -2.57. The topological polar surface area (TPSA) is 71.2 Å². The average Bonchev–Trinajstić information content (AvgIpc) is 2.84. The van der Waals surface area contributed by atoms with Crippen LogP contribution < -0.4 is 0 Å². The van der Waals surface area contributed by atoms with E-state index in [2.05, 4.69) is 10.1 Å². The van der Waals surface area contributed by atoms with Crippen molar-refractivity contribution in [3.05, 3.63) is 35.7 Å². The van der Waals surface area contributed by atoms with Gasteiger partial charge in [-0.25, -0.2) is 14.5 Å². The first-order chi connectivity index (χ1) is 11.9. The molecule has 26 heavy (non-hydrogen) atoms. The van der Waals surface area contributed by atoms with Gasteiger partial charge in [0.1, 0.15) is 5.82 Å². The highest BCUT2D eigenvalue weighted by Crippen LogP contribution is 2.28. The number of amides is 1. The van der Waals surface area contributed by atoms with Crippen LogP contribution in [0.25, 0.3) is 11.4 Å². The van der Waals surface area contributed by atoms with Gasteiger partial charge in [-0.2, -0.15) is 5.10 Å². The second-order valence-corrected chi connectivity index (χ2v) is 8.42. The predicted octanol–water partition coefficient (Wildman–Crippen LogP) is 4.51. The molecule has 0 aliphatic carbocycles. The van der Waals surface area contributed by atoms with Gasteiger partial charge in [0.05, 0.1) is 0 Å². The van der Waals surface area contributed by atoms with E-state index in [9.17, 15) is 9.90 Å². The van der Waals surface area contributed by atoms with E-state index in [4.69, 9.17) is 0 Å². The van der Waals surface area contributed by atoms with Crippen LogP contribution in [0.1, 0.15) is 52.4 Å². The minimum atomic E-state index is -0.904. The summed E-state index contributed by atoms with van der Waals surface area (Å²) in [4.78, 5) is 17.9. The fraction of sp³-hybridized carbons (Fsp3) is 0.550. The van der Waals surface area contributed by atoms with Gasteiger partial charge >= 0.3 is 6.09 Å². The van der Waals surface area contributed by atoms with E-state index in [0.29, 0.717) is 18.8 Å². The number of benzene rings is 1. The van der Waals surface area contributed by atoms with Crippen molar-refractivity contribution in [3.8, 4) is 11.4 Å². The standard InChI is InChI=1S/C20H30N4O2/c1-14-8-10-16(11-9-14)17-21-15(2)23(22-17)13-12-20(6,7)24(18(25)26)19(3,4)5/h8-11H,12-13H2,1-7H3,(H,25,26). The molecule has 0 aliphatic rings. The van der Waals surface area contributed by atoms with Gasteiger partial charge in [-0.15, -0.1) is 0 Å². The molecule has 1 N–H and O–H groups in total. The number of carboxylic acid groups (broad SMARTS) is 1. The lowest BCUT2D eigenvalue weighted by atomic mass is 9.92. The molecule has 2 rings (SSSR count). The third-order valence-electron chi connectivity index (χ3n) is 4.57. The van der Waals surface area contributed by atoms with Gasteiger partial charge in [0.25, 0.3) is 0 Å². The monoisotopic (exact) mass is 358 g/mol. The van der Waals surface area contributed by atoms with Crippen LogP contribution in [0.3, 0.4) is 0 Å². The predicted molar refractivity (Wildman–Crippen MR) is 103 cm³/mol. The molecule has 0 unspecified atom stereocenters. The van der Waals surface area contributed by atoms with Crippen molar-refractivity contribution in [2.45, 2.75) is 72.5 Å². The van der Waals surface area contributed by atoms with E-state index in [1.807, 2.05) is 77.4 Å². The third-order valence-corrected chi connectivity index (χ3v) is 4.57. The molecule has 0 bridgehead atoms. The van der Waals surface area contributed by atoms with Crippen LogP contribution in [0.5, 0.6) is 0 Å². The molecule has 2 aromatic rings. The largest absolute Gasteiger partial charge is 0.465 e. The number of hydrogen-bond donors (Lipinski definition) is 1. The summed E-state index contributed by atoms with van der Waals surface area (Å²) in [5, 5.41) is 14.3. The van der Waals surface area contributed by atoms with Gasteiger partial charge in [0.15, 0.2) is 5.82 Å². The summed E-state index contributed by atoms with van der Waals surface area (Å²) in [5.41, 5.74) is 1.19. The van der Waals surface area contributed by atoms with Crippen LogP contribution in [0.4, 0.5) is 4.79 Å². The number of carbonyl (C=O) groups is 1. The zero-order valence-corrected chi connectivity index (χ0v) is 16.9. The maximum atomic E-state index is 11.8. The Bertz CT molecular complexity index is 770. The second-order valence-electron chi connectivity index (χ2n) is 8.42. The first kappa shape index (κ1) is 19.9. The van der Waals surface area contributed by atoms with Crippen LogP contribution >= 0.6 is 0 Å². The summed E-state index contributed by atoms with van der Waals surface area (Å²) >= 11 is 0. The van der Waals surface area contributed by atoms with E-state index < -0.39 is 17.2 Å². The van der Waals surface area contributed by atoms with Gasteiger partial charge in [-0.1, -0.05) is 29.8 Å². The summed E-state index contributed by atoms with van der Waals surface area (Å²) in [7, 11) is 0. The van der Waals surface area contributed by atoms with Crippen molar-refractivity contribution < 1.29 is 9.90 Å². The molecule has 142 valence electrons. The maximum absolute atomic E-state index is 11.8. The number of nitrogens with zero attached hydrogens (tertiary/aromatic N) is 4. The molecule has 0 fully saturated rings. The van der Waals surface area contributed by atoms with E-state index in [1.54, 1.807) is 0 Å². The van der Waals surface area contributed by atoms with Gasteiger partial charge in [-0.05, 0) is 54.9 Å². The molecule has 1 aromatic heterocycles. The summed E-state index contributed by atoms with van der Waals surface area (Å²) in [6.07, 6.45) is -0.258. The highest BCUT2D eigenvalue weighted by Gasteiger charge is 2.38. The van der Waals surface area contributed by atoms with E-state index in [-0.39, 0.29) is 0 Å². The lowest BCUT2D eigenvalue weighted by molar-refractivity contribution is 0.0266. The Morgan fingerprint density at radius 1 is 1.12 bits per heavy atom. The minimum Gasteiger partial charge on any atom is -0.465 e. The van der Waals surface area contributed by atoms with Gasteiger partial charge in [-0.3, -0.25) is 4.90 Å². The zero-order valence-electron chi connectivity index (χ0n) is 16.9. The molecule has 0 saturated carbocycles. The molecular weight excluding hydrogens is 328 g/mol. The van der Waals surface area contributed by atoms with E-state index in [1.165, 1.54) is 10.5 Å². The Morgan fingerprint density at radius 2 is 1.69 bits per heavy atom. The van der Waals surface area contributed by atoms with Crippen molar-refractivity contribution >= 4 is 6.09 Å². The van der Waals surface area contributed by atoms with Crippen LogP contribution in [0, 0.1) is 13.8 Å². The zero-order chi connectivity index (χ0) is 19.7. The van der Waals surface area contributed by atoms with Gasteiger partial charge in [0.2, 0.25) is 0 Å². The van der Waals surface area contributed by atoms with Crippen LogP contribution in [-0.2, 0) is 6.54 Å². The highest BCUT2D eigenvalue weighted by atomic mass is 16.4. The minimum absolute atomic E-state index is 0.472. The molecule has 1 heterocycles. The Balaban J connectivity index is 2.18. The van der Waals surface area contributed by atoms with Crippen LogP contribution in [0.15, 0.2) is 24.3 Å². The molecular formula is C20H30N4O2. The van der Waals surface area contributed by atoms with Gasteiger partial charge < -0.3 is 5.11 Å². The first-order valence-electron chi connectivity index (χ1n) is 8.93. The van der Waals surface area contributed by atoms with Crippen molar-refractivity contribution in [3.63, 3.8) is 0 Å². The Morgan fingerprint density at radius 3 is 2.19 bits per heavy atom. The fourth-order valence-electron chi connectivity index (χ4n) is 3.40. The quantitative estimate of drug-likeness (QED) is 0.853. The molecule has 1 amide bonds. The van der Waals surface area contributed by atoms with Crippen molar-refractivity contribution in [2.24, 2.45) is 0 Å². The molecule has 1 aromatic carbocycles. The molecule has 6 nitrogen and oxygen atoms in total. The van der Waals surface area contributed by atoms with Crippen molar-refractivity contribution in [1.29, 1.82) is 0 Å². The lowest BCUT2D eigenvalue weighted by Gasteiger charge is -2.45. The van der Waals surface area contributed by atoms with Crippen molar-refractivity contribution in [1.82, 2.24) is 19.7 Å². The molecule has 0 radical (unpaired) electrons. The smallest absolute Gasteiger partial charge is 0.408 e. The van der Waals surface area contributed by atoms with Crippen LogP contribution in [-0.4, -0.2) is 41.9 Å². The highest BCUT2D eigenvalue weighted by molar-refractivity contribution is 5.67. The molecule has 0 atom stereocenters. The van der Waals surface area contributed by atoms with Crippen molar-refractivity contribution in [2.75, 3.05) is 0 Å². The van der Waals surface area contributed by atoms with E-state index >= 15 is 0 Å². The Labute approximate surface area is 155 Å². The summed E-state index contributed by atoms with van der Waals surface area (Å²) in [5.74, 6) is 1.53. The molecule has 0 aliphatic heterocycles. The summed E-state index contributed by atoms with van der Waals surface area (Å²) in [6, 6.07) is 8.12. The molecule has 6 heteroatoms. The average molecular weight is 358 g/mol. The number of hydrogen-bond acceptors (Lipinski definition) is 3. The SMILES string of the molecule is Cc1ccc(-c2nc(C)n(CCC(C)(C)N(C(=O)O)C(C)(C)C)n2)cc1.